The number of nitrogens with one attached hydrogen (secondary N) is 1. The highest BCUT2D eigenvalue weighted by atomic mass is 79.9. The molecule has 0 aliphatic heterocycles. The highest BCUT2D eigenvalue weighted by Crippen LogP contribution is 2.42. The smallest absolute Gasteiger partial charge is 0.224 e. The van der Waals surface area contributed by atoms with Crippen LogP contribution < -0.4 is 10.1 Å². The van der Waals surface area contributed by atoms with Gasteiger partial charge < -0.3 is 10.1 Å². The van der Waals surface area contributed by atoms with E-state index in [1.807, 2.05) is 24.3 Å². The minimum Gasteiger partial charge on any atom is -0.488 e. The van der Waals surface area contributed by atoms with Gasteiger partial charge in [-0.3, -0.25) is 4.79 Å². The molecule has 0 saturated heterocycles. The molecule has 0 unspecified atom stereocenters. The molecule has 3 nitrogen and oxygen atoms in total. The lowest BCUT2D eigenvalue weighted by Crippen LogP contribution is -2.21. The maximum atomic E-state index is 11.8. The second-order valence-corrected chi connectivity index (χ2v) is 7.19. The van der Waals surface area contributed by atoms with Crippen LogP contribution in [-0.2, 0) is 17.8 Å². The lowest BCUT2D eigenvalue weighted by molar-refractivity contribution is -0.119. The van der Waals surface area contributed by atoms with Crippen molar-refractivity contribution in [3.05, 3.63) is 63.1 Å². The molecule has 0 spiro atoms. The molecule has 0 heterocycles. The second-order valence-electron chi connectivity index (χ2n) is 6.33. The molecular formula is C20H22BrNO2. The van der Waals surface area contributed by atoms with Gasteiger partial charge in [0.15, 0.2) is 0 Å². The summed E-state index contributed by atoms with van der Waals surface area (Å²) < 4.78 is 7.03. The van der Waals surface area contributed by atoms with Gasteiger partial charge in [0, 0.05) is 7.05 Å². The van der Waals surface area contributed by atoms with Crippen LogP contribution in [-0.4, -0.2) is 13.0 Å². The van der Waals surface area contributed by atoms with Gasteiger partial charge in [-0.1, -0.05) is 24.3 Å². The van der Waals surface area contributed by atoms with Crippen molar-refractivity contribution in [3.63, 3.8) is 0 Å². The van der Waals surface area contributed by atoms with Crippen molar-refractivity contribution in [2.24, 2.45) is 0 Å². The van der Waals surface area contributed by atoms with Gasteiger partial charge in [0.1, 0.15) is 12.4 Å². The normalized spacial score (nSPS) is 13.6. The maximum Gasteiger partial charge on any atom is 0.224 e. The van der Waals surface area contributed by atoms with Gasteiger partial charge in [-0.15, -0.1) is 0 Å². The second kappa shape index (κ2) is 7.39. The molecular weight excluding hydrogens is 366 g/mol. The maximum absolute atomic E-state index is 11.8. The molecule has 4 heteroatoms. The van der Waals surface area contributed by atoms with E-state index in [1.165, 1.54) is 24.0 Å². The fraction of sp³-hybridized carbons (Fsp3) is 0.350. The monoisotopic (exact) mass is 387 g/mol. The van der Waals surface area contributed by atoms with Crippen molar-refractivity contribution in [1.82, 2.24) is 5.32 Å². The number of ether oxygens (including phenoxy) is 1. The summed E-state index contributed by atoms with van der Waals surface area (Å²) in [5.41, 5.74) is 4.74. The third-order valence-electron chi connectivity index (χ3n) is 4.42. The van der Waals surface area contributed by atoms with E-state index in [0.717, 1.165) is 21.3 Å². The van der Waals surface area contributed by atoms with Crippen molar-refractivity contribution in [2.45, 2.75) is 38.7 Å². The predicted octanol–water partition coefficient (Wildman–Crippen LogP) is 4.50. The van der Waals surface area contributed by atoms with E-state index in [9.17, 15) is 4.79 Å². The highest BCUT2D eigenvalue weighted by molar-refractivity contribution is 9.10. The number of rotatable bonds is 6. The number of carbonyl (C=O) groups is 1. The summed E-state index contributed by atoms with van der Waals surface area (Å²) in [5, 5.41) is 2.71. The van der Waals surface area contributed by atoms with Gasteiger partial charge in [0.2, 0.25) is 5.91 Å². The SMILES string of the molecule is CNC(=O)Cc1cccc(C2CC2)c1COc1ccc(C)cc1Br. The average molecular weight is 388 g/mol. The Morgan fingerprint density at radius 3 is 2.75 bits per heavy atom. The van der Waals surface area contributed by atoms with Gasteiger partial charge in [0.05, 0.1) is 10.9 Å². The van der Waals surface area contributed by atoms with Gasteiger partial charge in [-0.05, 0) is 76.0 Å². The number of halogens is 1. The quantitative estimate of drug-likeness (QED) is 0.791. The highest BCUT2D eigenvalue weighted by Gasteiger charge is 2.27. The van der Waals surface area contributed by atoms with Crippen LogP contribution in [0.15, 0.2) is 40.9 Å². The molecule has 0 atom stereocenters. The van der Waals surface area contributed by atoms with Gasteiger partial charge in [0.25, 0.3) is 0 Å². The molecule has 1 aliphatic rings. The van der Waals surface area contributed by atoms with Crippen molar-refractivity contribution in [3.8, 4) is 5.75 Å². The van der Waals surface area contributed by atoms with Crippen molar-refractivity contribution < 1.29 is 9.53 Å². The topological polar surface area (TPSA) is 38.3 Å². The molecule has 126 valence electrons. The lowest BCUT2D eigenvalue weighted by Gasteiger charge is -2.16. The molecule has 0 aromatic heterocycles. The Hall–Kier alpha value is -1.81. The Morgan fingerprint density at radius 1 is 1.29 bits per heavy atom. The first kappa shape index (κ1) is 17.0. The molecule has 0 radical (unpaired) electrons. The molecule has 1 fully saturated rings. The molecule has 2 aromatic carbocycles. The first-order valence-electron chi connectivity index (χ1n) is 8.28. The number of hydrogen-bond donors (Lipinski definition) is 1. The zero-order valence-electron chi connectivity index (χ0n) is 14.1. The molecule has 1 saturated carbocycles. The van der Waals surface area contributed by atoms with Crippen LogP contribution in [0.1, 0.15) is 41.0 Å². The van der Waals surface area contributed by atoms with Crippen molar-refractivity contribution >= 4 is 21.8 Å². The first-order valence-corrected chi connectivity index (χ1v) is 9.08. The molecule has 1 N–H and O–H groups in total. The largest absolute Gasteiger partial charge is 0.488 e. The first-order chi connectivity index (χ1) is 11.6. The van der Waals surface area contributed by atoms with E-state index < -0.39 is 0 Å². The summed E-state index contributed by atoms with van der Waals surface area (Å²) in [6.45, 7) is 2.54. The number of hydrogen-bond acceptors (Lipinski definition) is 2. The molecule has 2 aromatic rings. The summed E-state index contributed by atoms with van der Waals surface area (Å²) in [7, 11) is 1.67. The van der Waals surface area contributed by atoms with Crippen LogP contribution >= 0.6 is 15.9 Å². The van der Waals surface area contributed by atoms with E-state index >= 15 is 0 Å². The fourth-order valence-electron chi connectivity index (χ4n) is 2.91. The van der Waals surface area contributed by atoms with E-state index in [1.54, 1.807) is 7.05 Å². The Labute approximate surface area is 151 Å². The lowest BCUT2D eigenvalue weighted by atomic mass is 9.96. The standard InChI is InChI=1S/C20H22BrNO2/c1-13-6-9-19(18(21)10-13)24-12-17-15(11-20(23)22-2)4-3-5-16(17)14-7-8-14/h3-6,9-10,14H,7-8,11-12H2,1-2H3,(H,22,23). The van der Waals surface area contributed by atoms with E-state index in [0.29, 0.717) is 18.9 Å². The number of amides is 1. The van der Waals surface area contributed by atoms with Crippen LogP contribution in [0.25, 0.3) is 0 Å². The number of aryl methyl sites for hydroxylation is 1. The van der Waals surface area contributed by atoms with Gasteiger partial charge in [-0.25, -0.2) is 0 Å². The Bertz CT molecular complexity index is 753. The average Bonchev–Trinajstić information content (AvgIpc) is 3.39. The summed E-state index contributed by atoms with van der Waals surface area (Å²) in [4.78, 5) is 11.8. The van der Waals surface area contributed by atoms with Crippen molar-refractivity contribution in [1.29, 1.82) is 0 Å². The zero-order chi connectivity index (χ0) is 17.1. The summed E-state index contributed by atoms with van der Waals surface area (Å²) in [5.74, 6) is 1.48. The molecule has 1 aliphatic carbocycles. The van der Waals surface area contributed by atoms with Crippen LogP contribution in [0, 0.1) is 6.92 Å². The number of benzene rings is 2. The third kappa shape index (κ3) is 3.99. The minimum absolute atomic E-state index is 0.0284. The third-order valence-corrected chi connectivity index (χ3v) is 5.04. The van der Waals surface area contributed by atoms with Gasteiger partial charge in [-0.2, -0.15) is 0 Å². The van der Waals surface area contributed by atoms with Crippen LogP contribution in [0.2, 0.25) is 0 Å². The summed E-state index contributed by atoms with van der Waals surface area (Å²) in [6, 6.07) is 12.3. The Kier molecular flexibility index (Phi) is 5.24. The molecule has 24 heavy (non-hydrogen) atoms. The molecule has 1 amide bonds. The van der Waals surface area contributed by atoms with E-state index in [2.05, 4.69) is 40.3 Å². The Balaban J connectivity index is 1.85. The summed E-state index contributed by atoms with van der Waals surface area (Å²) >= 11 is 3.56. The predicted molar refractivity (Wildman–Crippen MR) is 99.4 cm³/mol. The van der Waals surface area contributed by atoms with Crippen LogP contribution in [0.3, 0.4) is 0 Å². The Morgan fingerprint density at radius 2 is 2.08 bits per heavy atom. The van der Waals surface area contributed by atoms with E-state index in [4.69, 9.17) is 4.74 Å². The minimum atomic E-state index is 0.0284. The van der Waals surface area contributed by atoms with Crippen molar-refractivity contribution in [2.75, 3.05) is 7.05 Å². The molecule has 0 bridgehead atoms. The van der Waals surface area contributed by atoms with Gasteiger partial charge >= 0.3 is 0 Å². The van der Waals surface area contributed by atoms with Crippen LogP contribution in [0.4, 0.5) is 0 Å². The van der Waals surface area contributed by atoms with E-state index in [-0.39, 0.29) is 5.91 Å². The molecule has 3 rings (SSSR count). The summed E-state index contributed by atoms with van der Waals surface area (Å²) in [6.07, 6.45) is 2.85. The zero-order valence-corrected chi connectivity index (χ0v) is 15.7. The fourth-order valence-corrected chi connectivity index (χ4v) is 3.51. The number of likely N-dealkylation sites (N-methyl/N-ethyl adjacent to an activating group) is 1. The van der Waals surface area contributed by atoms with Crippen LogP contribution in [0.5, 0.6) is 5.75 Å². The number of carbonyl (C=O) groups excluding carboxylic acids is 1.